The summed E-state index contributed by atoms with van der Waals surface area (Å²) in [6.45, 7) is 0. The lowest BCUT2D eigenvalue weighted by atomic mass is 10.2. The maximum absolute atomic E-state index is 4.10. The average molecular weight is 239 g/mol. The monoisotopic (exact) mass is 238 g/mol. The lowest BCUT2D eigenvalue weighted by Crippen LogP contribution is -1.91. The quantitative estimate of drug-likeness (QED) is 0.759. The molecule has 0 radical (unpaired) electrons. The predicted octanol–water partition coefficient (Wildman–Crippen LogP) is 1.64. The Labute approximate surface area is 83.7 Å². The zero-order chi connectivity index (χ0) is 9.26. The van der Waals surface area contributed by atoms with Gasteiger partial charge in [0.25, 0.3) is 0 Å². The van der Waals surface area contributed by atoms with Crippen LogP contribution in [0.25, 0.3) is 11.4 Å². The highest BCUT2D eigenvalue weighted by Crippen LogP contribution is 2.18. The minimum Gasteiger partial charge on any atom is -0.167 e. The summed E-state index contributed by atoms with van der Waals surface area (Å²) in [6, 6.07) is 7.80. The third kappa shape index (κ3) is 1.75. The molecule has 0 atom stereocenters. The predicted molar refractivity (Wildman–Crippen MR) is 51.9 cm³/mol. The second-order valence-corrected chi connectivity index (χ2v) is 3.53. The zero-order valence-electron chi connectivity index (χ0n) is 6.98. The Hall–Kier alpha value is -1.23. The van der Waals surface area contributed by atoms with Crippen LogP contribution < -0.4 is 0 Å². The Kier molecular flexibility index (Phi) is 2.10. The van der Waals surface area contributed by atoms with Crippen molar-refractivity contribution < 1.29 is 0 Å². The molecule has 0 fully saturated rings. The van der Waals surface area contributed by atoms with Crippen LogP contribution in [-0.2, 0) is 7.05 Å². The number of hydrogen-bond donors (Lipinski definition) is 0. The van der Waals surface area contributed by atoms with Crippen LogP contribution in [0.1, 0.15) is 0 Å². The highest BCUT2D eigenvalue weighted by molar-refractivity contribution is 9.10. The fourth-order valence-corrected chi connectivity index (χ4v) is 1.43. The van der Waals surface area contributed by atoms with E-state index in [2.05, 4.69) is 31.3 Å². The van der Waals surface area contributed by atoms with Crippen molar-refractivity contribution >= 4 is 15.9 Å². The number of hydrogen-bond acceptors (Lipinski definition) is 3. The lowest BCUT2D eigenvalue weighted by Gasteiger charge is -1.93. The summed E-state index contributed by atoms with van der Waals surface area (Å²) in [6.07, 6.45) is 0. The van der Waals surface area contributed by atoms with Gasteiger partial charge in [0.2, 0.25) is 5.82 Å². The van der Waals surface area contributed by atoms with Gasteiger partial charge in [0.1, 0.15) is 0 Å². The van der Waals surface area contributed by atoms with Gasteiger partial charge in [-0.2, -0.15) is 4.80 Å². The average Bonchev–Trinajstić information content (AvgIpc) is 2.52. The molecule has 5 heteroatoms. The number of aromatic nitrogens is 4. The molecule has 66 valence electrons. The SMILES string of the molecule is Cn1nnc(-c2cccc(Br)c2)n1. The van der Waals surface area contributed by atoms with Crippen molar-refractivity contribution in [3.8, 4) is 11.4 Å². The fraction of sp³-hybridized carbons (Fsp3) is 0.125. The number of tetrazole rings is 1. The largest absolute Gasteiger partial charge is 0.204 e. The first-order valence-corrected chi connectivity index (χ1v) is 4.55. The summed E-state index contributed by atoms with van der Waals surface area (Å²) < 4.78 is 1.01. The number of benzene rings is 1. The van der Waals surface area contributed by atoms with Crippen LogP contribution in [-0.4, -0.2) is 20.2 Å². The van der Waals surface area contributed by atoms with Crippen molar-refractivity contribution in [2.45, 2.75) is 0 Å². The van der Waals surface area contributed by atoms with Crippen molar-refractivity contribution in [1.29, 1.82) is 0 Å². The van der Waals surface area contributed by atoms with E-state index in [1.807, 2.05) is 24.3 Å². The summed E-state index contributed by atoms with van der Waals surface area (Å²) in [4.78, 5) is 1.44. The van der Waals surface area contributed by atoms with Gasteiger partial charge in [-0.15, -0.1) is 10.2 Å². The molecule has 0 aliphatic heterocycles. The van der Waals surface area contributed by atoms with Crippen molar-refractivity contribution in [2.75, 3.05) is 0 Å². The number of aryl methyl sites for hydroxylation is 1. The first-order valence-electron chi connectivity index (χ1n) is 3.75. The lowest BCUT2D eigenvalue weighted by molar-refractivity contribution is 0.630. The van der Waals surface area contributed by atoms with Crippen LogP contribution in [0, 0.1) is 0 Å². The summed E-state index contributed by atoms with van der Waals surface area (Å²) in [5, 5.41) is 11.8. The Morgan fingerprint density at radius 2 is 2.23 bits per heavy atom. The maximum atomic E-state index is 4.10. The summed E-state index contributed by atoms with van der Waals surface area (Å²) in [5.41, 5.74) is 0.961. The van der Waals surface area contributed by atoms with E-state index in [4.69, 9.17) is 0 Å². The van der Waals surface area contributed by atoms with E-state index in [9.17, 15) is 0 Å². The van der Waals surface area contributed by atoms with E-state index in [1.54, 1.807) is 7.05 Å². The smallest absolute Gasteiger partial charge is 0.167 e. The Bertz CT molecular complexity index is 424. The van der Waals surface area contributed by atoms with Crippen LogP contribution in [0.2, 0.25) is 0 Å². The molecular weight excluding hydrogens is 232 g/mol. The van der Waals surface area contributed by atoms with Crippen molar-refractivity contribution in [1.82, 2.24) is 20.2 Å². The van der Waals surface area contributed by atoms with Gasteiger partial charge >= 0.3 is 0 Å². The molecule has 2 aromatic rings. The van der Waals surface area contributed by atoms with Gasteiger partial charge in [0.15, 0.2) is 0 Å². The summed E-state index contributed by atoms with van der Waals surface area (Å²) in [5.74, 6) is 0.642. The topological polar surface area (TPSA) is 43.6 Å². The van der Waals surface area contributed by atoms with E-state index in [0.717, 1.165) is 10.0 Å². The first-order chi connectivity index (χ1) is 6.25. The van der Waals surface area contributed by atoms with Gasteiger partial charge in [-0.25, -0.2) is 0 Å². The molecule has 0 aliphatic rings. The van der Waals surface area contributed by atoms with Gasteiger partial charge in [-0.3, -0.25) is 0 Å². The fourth-order valence-electron chi connectivity index (χ4n) is 1.03. The van der Waals surface area contributed by atoms with Gasteiger partial charge in [0, 0.05) is 10.0 Å². The van der Waals surface area contributed by atoms with Crippen LogP contribution in [0.15, 0.2) is 28.7 Å². The van der Waals surface area contributed by atoms with Crippen LogP contribution in [0.4, 0.5) is 0 Å². The third-order valence-corrected chi connectivity index (χ3v) is 2.08. The number of rotatable bonds is 1. The normalized spacial score (nSPS) is 10.3. The van der Waals surface area contributed by atoms with E-state index in [0.29, 0.717) is 5.82 Å². The standard InChI is InChI=1S/C8H7BrN4/c1-13-11-8(10-12-13)6-3-2-4-7(9)5-6/h2-5H,1H3. The number of nitrogens with zero attached hydrogens (tertiary/aromatic N) is 4. The highest BCUT2D eigenvalue weighted by Gasteiger charge is 2.03. The van der Waals surface area contributed by atoms with E-state index >= 15 is 0 Å². The van der Waals surface area contributed by atoms with E-state index < -0.39 is 0 Å². The molecule has 2 rings (SSSR count). The molecule has 0 bridgehead atoms. The van der Waals surface area contributed by atoms with Crippen molar-refractivity contribution in [3.05, 3.63) is 28.7 Å². The minimum atomic E-state index is 0.642. The minimum absolute atomic E-state index is 0.642. The molecule has 13 heavy (non-hydrogen) atoms. The van der Waals surface area contributed by atoms with Crippen molar-refractivity contribution in [2.24, 2.45) is 7.05 Å². The van der Waals surface area contributed by atoms with E-state index in [1.165, 1.54) is 4.80 Å². The molecule has 1 aromatic carbocycles. The third-order valence-electron chi connectivity index (χ3n) is 1.59. The Balaban J connectivity index is 2.46. The van der Waals surface area contributed by atoms with Gasteiger partial charge in [-0.05, 0) is 17.3 Å². The van der Waals surface area contributed by atoms with Gasteiger partial charge in [-0.1, -0.05) is 28.1 Å². The van der Waals surface area contributed by atoms with Gasteiger partial charge < -0.3 is 0 Å². The molecule has 0 N–H and O–H groups in total. The molecule has 0 spiro atoms. The molecule has 1 heterocycles. The van der Waals surface area contributed by atoms with Crippen molar-refractivity contribution in [3.63, 3.8) is 0 Å². The molecule has 0 saturated heterocycles. The summed E-state index contributed by atoms with van der Waals surface area (Å²) in [7, 11) is 1.74. The zero-order valence-corrected chi connectivity index (χ0v) is 8.56. The van der Waals surface area contributed by atoms with Crippen LogP contribution in [0.3, 0.4) is 0 Å². The Morgan fingerprint density at radius 1 is 1.38 bits per heavy atom. The van der Waals surface area contributed by atoms with Crippen LogP contribution >= 0.6 is 15.9 Å². The molecule has 0 unspecified atom stereocenters. The first kappa shape index (κ1) is 8.37. The molecule has 4 nitrogen and oxygen atoms in total. The second kappa shape index (κ2) is 3.26. The summed E-state index contributed by atoms with van der Waals surface area (Å²) >= 11 is 3.38. The highest BCUT2D eigenvalue weighted by atomic mass is 79.9. The molecule has 0 saturated carbocycles. The number of halogens is 1. The second-order valence-electron chi connectivity index (χ2n) is 2.61. The maximum Gasteiger partial charge on any atom is 0.204 e. The Morgan fingerprint density at radius 3 is 2.85 bits per heavy atom. The molecular formula is C8H7BrN4. The van der Waals surface area contributed by atoms with Crippen LogP contribution in [0.5, 0.6) is 0 Å². The van der Waals surface area contributed by atoms with Gasteiger partial charge in [0.05, 0.1) is 7.05 Å². The molecule has 0 amide bonds. The molecule has 1 aromatic heterocycles. The molecule has 0 aliphatic carbocycles. The van der Waals surface area contributed by atoms with E-state index in [-0.39, 0.29) is 0 Å².